The van der Waals surface area contributed by atoms with Crippen LogP contribution < -0.4 is 10.6 Å². The summed E-state index contributed by atoms with van der Waals surface area (Å²) in [6.45, 7) is 2.53. The lowest BCUT2D eigenvalue weighted by Gasteiger charge is -2.19. The number of unbranched alkanes of at least 4 members (excludes halogenated alkanes) is 15. The van der Waals surface area contributed by atoms with Gasteiger partial charge in [-0.15, -0.1) is 0 Å². The molecule has 0 unspecified atom stereocenters. The van der Waals surface area contributed by atoms with Crippen LogP contribution in [0.25, 0.3) is 0 Å². The molecule has 0 aliphatic carbocycles. The van der Waals surface area contributed by atoms with Crippen LogP contribution in [0.5, 0.6) is 0 Å². The molecule has 0 aliphatic rings. The van der Waals surface area contributed by atoms with Gasteiger partial charge in [-0.2, -0.15) is 0 Å². The molecule has 6 heteroatoms. The third-order valence-corrected chi connectivity index (χ3v) is 6.82. The van der Waals surface area contributed by atoms with Gasteiger partial charge in [-0.1, -0.05) is 134 Å². The number of carbonyl (C=O) groups excluding carboxylic acids is 2. The number of nitrogens with one attached hydrogen (secondary N) is 2. The summed E-state index contributed by atoms with van der Waals surface area (Å²) < 4.78 is 0. The van der Waals surface area contributed by atoms with Crippen LogP contribution in [-0.2, 0) is 14.4 Å². The van der Waals surface area contributed by atoms with Crippen molar-refractivity contribution in [2.24, 2.45) is 0 Å². The Balaban J connectivity index is 2.11. The highest BCUT2D eigenvalue weighted by atomic mass is 16.4. The molecule has 37 heavy (non-hydrogen) atoms. The highest BCUT2D eigenvalue weighted by Crippen LogP contribution is 2.16. The van der Waals surface area contributed by atoms with Crippen molar-refractivity contribution in [1.82, 2.24) is 10.6 Å². The van der Waals surface area contributed by atoms with Crippen LogP contribution in [0.1, 0.15) is 141 Å². The van der Waals surface area contributed by atoms with Crippen molar-refractivity contribution in [2.45, 2.75) is 135 Å². The highest BCUT2D eigenvalue weighted by Gasteiger charge is 2.22. The highest BCUT2D eigenvalue weighted by molar-refractivity contribution is 5.88. The molecule has 0 saturated carbocycles. The quantitative estimate of drug-likeness (QED) is 0.124. The van der Waals surface area contributed by atoms with Gasteiger partial charge in [0.05, 0.1) is 0 Å². The monoisotopic (exact) mass is 516 g/mol. The molecule has 0 fully saturated rings. The van der Waals surface area contributed by atoms with E-state index in [2.05, 4.69) is 17.6 Å². The zero-order valence-corrected chi connectivity index (χ0v) is 23.3. The summed E-state index contributed by atoms with van der Waals surface area (Å²) in [5.74, 6) is -1.32. The standard InChI is InChI=1S/C31H52N2O4/c1-2-3-4-5-6-7-8-9-10-11-12-13-14-15-16-20-24-28(34)33-30(27-22-18-17-19-23-27)31(37)32-26-21-25-29(35)36/h17-19,22-23,30H,2-16,20-21,24-26H2,1H3,(H,32,37)(H,33,34)(H,35,36)/t30-/m1/s1. The molecule has 1 aromatic rings. The van der Waals surface area contributed by atoms with E-state index in [9.17, 15) is 14.4 Å². The predicted octanol–water partition coefficient (Wildman–Crippen LogP) is 7.48. The number of benzene rings is 1. The van der Waals surface area contributed by atoms with E-state index in [1.807, 2.05) is 30.3 Å². The Bertz CT molecular complexity index is 723. The molecule has 0 spiro atoms. The lowest BCUT2D eigenvalue weighted by molar-refractivity contribution is -0.137. The average molecular weight is 517 g/mol. The van der Waals surface area contributed by atoms with Crippen molar-refractivity contribution >= 4 is 17.8 Å². The number of rotatable bonds is 24. The average Bonchev–Trinajstić information content (AvgIpc) is 2.89. The first-order valence-electron chi connectivity index (χ1n) is 14.9. The topological polar surface area (TPSA) is 95.5 Å². The maximum Gasteiger partial charge on any atom is 0.303 e. The number of hydrogen-bond donors (Lipinski definition) is 3. The van der Waals surface area contributed by atoms with E-state index in [4.69, 9.17) is 5.11 Å². The second-order valence-electron chi connectivity index (χ2n) is 10.3. The Hall–Kier alpha value is -2.37. The maximum atomic E-state index is 12.7. The van der Waals surface area contributed by atoms with Crippen LogP contribution >= 0.6 is 0 Å². The van der Waals surface area contributed by atoms with Crippen LogP contribution in [0.3, 0.4) is 0 Å². The molecule has 1 rings (SSSR count). The molecule has 0 heterocycles. The van der Waals surface area contributed by atoms with Gasteiger partial charge < -0.3 is 15.7 Å². The minimum atomic E-state index is -0.888. The van der Waals surface area contributed by atoms with E-state index >= 15 is 0 Å². The van der Waals surface area contributed by atoms with Gasteiger partial charge in [-0.05, 0) is 18.4 Å². The summed E-state index contributed by atoms with van der Waals surface area (Å²) in [6, 6.07) is 8.40. The Kier molecular flexibility index (Phi) is 20.1. The van der Waals surface area contributed by atoms with Gasteiger partial charge in [-0.25, -0.2) is 0 Å². The summed E-state index contributed by atoms with van der Waals surface area (Å²) >= 11 is 0. The minimum Gasteiger partial charge on any atom is -0.481 e. The van der Waals surface area contributed by atoms with Crippen molar-refractivity contribution in [3.8, 4) is 0 Å². The molecular weight excluding hydrogens is 464 g/mol. The predicted molar refractivity (Wildman–Crippen MR) is 151 cm³/mol. The van der Waals surface area contributed by atoms with Gasteiger partial charge in [-0.3, -0.25) is 14.4 Å². The van der Waals surface area contributed by atoms with E-state index in [1.54, 1.807) is 0 Å². The lowest BCUT2D eigenvalue weighted by atomic mass is 10.0. The molecule has 0 radical (unpaired) electrons. The summed E-state index contributed by atoms with van der Waals surface area (Å²) in [5.41, 5.74) is 0.721. The molecule has 2 amide bonds. The normalized spacial score (nSPS) is 11.7. The number of carboxylic acid groups (broad SMARTS) is 1. The summed E-state index contributed by atoms with van der Waals surface area (Å²) in [5, 5.41) is 14.4. The van der Waals surface area contributed by atoms with Gasteiger partial charge in [0.2, 0.25) is 11.8 Å². The summed E-state index contributed by atoms with van der Waals surface area (Å²) in [6.07, 6.45) is 21.4. The number of amides is 2. The zero-order chi connectivity index (χ0) is 27.0. The number of hydrogen-bond acceptors (Lipinski definition) is 3. The maximum absolute atomic E-state index is 12.7. The van der Waals surface area contributed by atoms with E-state index in [0.29, 0.717) is 12.8 Å². The fraction of sp³-hybridized carbons (Fsp3) is 0.710. The van der Waals surface area contributed by atoms with E-state index in [-0.39, 0.29) is 24.8 Å². The molecule has 0 aliphatic heterocycles. The zero-order valence-electron chi connectivity index (χ0n) is 23.3. The molecule has 6 nitrogen and oxygen atoms in total. The van der Waals surface area contributed by atoms with Crippen LogP contribution in [-0.4, -0.2) is 29.4 Å². The summed E-state index contributed by atoms with van der Waals surface area (Å²) in [4.78, 5) is 35.9. The van der Waals surface area contributed by atoms with Crippen LogP contribution in [0.4, 0.5) is 0 Å². The number of aliphatic carboxylic acids is 1. The number of carboxylic acids is 1. The third-order valence-electron chi connectivity index (χ3n) is 6.82. The van der Waals surface area contributed by atoms with Crippen LogP contribution in [0.15, 0.2) is 30.3 Å². The molecule has 0 saturated heterocycles. The first-order valence-corrected chi connectivity index (χ1v) is 14.9. The summed E-state index contributed by atoms with van der Waals surface area (Å²) in [7, 11) is 0. The largest absolute Gasteiger partial charge is 0.481 e. The van der Waals surface area contributed by atoms with Crippen molar-refractivity contribution in [2.75, 3.05) is 6.54 Å². The molecule has 1 aromatic carbocycles. The lowest BCUT2D eigenvalue weighted by Crippen LogP contribution is -2.40. The second-order valence-corrected chi connectivity index (χ2v) is 10.3. The van der Waals surface area contributed by atoms with Gasteiger partial charge in [0, 0.05) is 19.4 Å². The fourth-order valence-corrected chi connectivity index (χ4v) is 4.57. The number of carbonyl (C=O) groups is 3. The van der Waals surface area contributed by atoms with Crippen LogP contribution in [0, 0.1) is 0 Å². The van der Waals surface area contributed by atoms with Gasteiger partial charge in [0.15, 0.2) is 0 Å². The van der Waals surface area contributed by atoms with Crippen molar-refractivity contribution < 1.29 is 19.5 Å². The first-order chi connectivity index (χ1) is 18.0. The van der Waals surface area contributed by atoms with Crippen molar-refractivity contribution in [3.63, 3.8) is 0 Å². The molecular formula is C31H52N2O4. The molecule has 0 aromatic heterocycles. The van der Waals surface area contributed by atoms with E-state index in [1.165, 1.54) is 83.5 Å². The first kappa shape index (κ1) is 32.7. The SMILES string of the molecule is CCCCCCCCCCCCCCCCCCC(=O)N[C@@H](C(=O)NCCCC(=O)O)c1ccccc1. The van der Waals surface area contributed by atoms with Gasteiger partial charge in [0.1, 0.15) is 6.04 Å². The Morgan fingerprint density at radius 3 is 1.65 bits per heavy atom. The van der Waals surface area contributed by atoms with Crippen molar-refractivity contribution in [3.05, 3.63) is 35.9 Å². The fourth-order valence-electron chi connectivity index (χ4n) is 4.57. The Labute approximate surface area is 225 Å². The Morgan fingerprint density at radius 2 is 1.16 bits per heavy atom. The second kappa shape index (κ2) is 22.8. The Morgan fingerprint density at radius 1 is 0.676 bits per heavy atom. The minimum absolute atomic E-state index is 0.00188. The van der Waals surface area contributed by atoms with Crippen molar-refractivity contribution in [1.29, 1.82) is 0 Å². The molecule has 210 valence electrons. The van der Waals surface area contributed by atoms with Gasteiger partial charge >= 0.3 is 5.97 Å². The smallest absolute Gasteiger partial charge is 0.303 e. The van der Waals surface area contributed by atoms with Crippen LogP contribution in [0.2, 0.25) is 0 Å². The molecule has 1 atom stereocenters. The van der Waals surface area contributed by atoms with Gasteiger partial charge in [0.25, 0.3) is 0 Å². The van der Waals surface area contributed by atoms with E-state index in [0.717, 1.165) is 24.8 Å². The molecule has 3 N–H and O–H groups in total. The molecule has 0 bridgehead atoms. The van der Waals surface area contributed by atoms with E-state index < -0.39 is 12.0 Å². The third kappa shape index (κ3) is 18.5.